The average Bonchev–Trinajstić information content (AvgIpc) is 2.71. The molecule has 3 aromatic carbocycles. The molecule has 0 fully saturated rings. The molecule has 10 heteroatoms. The molecule has 3 rings (SSSR count). The van der Waals surface area contributed by atoms with Crippen LogP contribution in [0.5, 0.6) is 0 Å². The van der Waals surface area contributed by atoms with E-state index in [2.05, 4.69) is 31.3 Å². The Labute approximate surface area is 194 Å². The van der Waals surface area contributed by atoms with Gasteiger partial charge in [-0.05, 0) is 88.3 Å². The maximum absolute atomic E-state index is 12.5. The van der Waals surface area contributed by atoms with E-state index in [0.717, 1.165) is 15.7 Å². The number of hydrogen-bond donors (Lipinski definition) is 4. The minimum atomic E-state index is -3.69. The van der Waals surface area contributed by atoms with Crippen LogP contribution in [-0.4, -0.2) is 13.5 Å². The number of nitrogens with one attached hydrogen (secondary N) is 3. The largest absolute Gasteiger partial charge is 0.332 e. The second-order valence-corrected chi connectivity index (χ2v) is 9.62. The summed E-state index contributed by atoms with van der Waals surface area (Å²) in [7, 11) is -3.69. The fourth-order valence-corrected chi connectivity index (χ4v) is 4.58. The molecule has 5 N–H and O–H groups in total. The van der Waals surface area contributed by atoms with Gasteiger partial charge in [-0.25, -0.2) is 8.42 Å². The Hall–Kier alpha value is -2.17. The minimum Gasteiger partial charge on any atom is -0.332 e. The number of sulfonamides is 1. The summed E-state index contributed by atoms with van der Waals surface area (Å²) < 4.78 is 28.4. The summed E-state index contributed by atoms with van der Waals surface area (Å²) in [6, 6.07) is 18.5. The van der Waals surface area contributed by atoms with Gasteiger partial charge in [0.2, 0.25) is 0 Å². The van der Waals surface area contributed by atoms with Crippen LogP contribution < -0.4 is 21.1 Å². The van der Waals surface area contributed by atoms with Gasteiger partial charge in [0.25, 0.3) is 10.0 Å². The van der Waals surface area contributed by atoms with Crippen molar-refractivity contribution in [2.75, 3.05) is 15.4 Å². The quantitative estimate of drug-likeness (QED) is 0.332. The molecule has 0 spiro atoms. The maximum atomic E-state index is 12.5. The Balaban J connectivity index is 1.63. The molecule has 0 amide bonds. The normalized spacial score (nSPS) is 11.0. The number of benzene rings is 3. The highest BCUT2D eigenvalue weighted by atomic mass is 79.9. The van der Waals surface area contributed by atoms with Crippen LogP contribution in [0.3, 0.4) is 0 Å². The van der Waals surface area contributed by atoms with Gasteiger partial charge in [0.15, 0.2) is 5.11 Å². The number of halogens is 2. The van der Waals surface area contributed by atoms with Gasteiger partial charge in [0.1, 0.15) is 0 Å². The van der Waals surface area contributed by atoms with E-state index in [9.17, 15) is 8.42 Å². The summed E-state index contributed by atoms with van der Waals surface area (Å²) in [5, 5.41) is 7.10. The Kier molecular flexibility index (Phi) is 7.32. The van der Waals surface area contributed by atoms with Crippen LogP contribution in [0.25, 0.3) is 0 Å². The van der Waals surface area contributed by atoms with Gasteiger partial charge in [-0.15, -0.1) is 0 Å². The van der Waals surface area contributed by atoms with Crippen molar-refractivity contribution in [1.82, 2.24) is 0 Å². The van der Waals surface area contributed by atoms with Gasteiger partial charge >= 0.3 is 0 Å². The first kappa shape index (κ1) is 22.5. The lowest BCUT2D eigenvalue weighted by Crippen LogP contribution is -2.19. The van der Waals surface area contributed by atoms with Crippen LogP contribution in [0.2, 0.25) is 5.02 Å². The first-order valence-electron chi connectivity index (χ1n) is 8.72. The third-order valence-corrected chi connectivity index (χ3v) is 6.54. The standard InChI is InChI=1S/C20H18BrClN4O2S2/c21-18-11-14(22)3-10-19(18)25-20(29)24-15-4-6-16(7-5-15)26-30(27,28)17-8-1-13(12-23)2-9-17/h1-11,26H,12,23H2,(H2,24,25,29). The maximum Gasteiger partial charge on any atom is 0.261 e. The average molecular weight is 526 g/mol. The van der Waals surface area contributed by atoms with Crippen LogP contribution in [0.4, 0.5) is 17.1 Å². The van der Waals surface area contributed by atoms with Gasteiger partial charge in [-0.2, -0.15) is 0 Å². The fraction of sp³-hybridized carbons (Fsp3) is 0.0500. The number of rotatable bonds is 6. The first-order valence-corrected chi connectivity index (χ1v) is 11.8. The zero-order chi connectivity index (χ0) is 21.7. The van der Waals surface area contributed by atoms with Crippen LogP contribution in [0, 0.1) is 0 Å². The molecule has 0 unspecified atom stereocenters. The van der Waals surface area contributed by atoms with Gasteiger partial charge in [-0.1, -0.05) is 23.7 Å². The van der Waals surface area contributed by atoms with Crippen molar-refractivity contribution in [2.45, 2.75) is 11.4 Å². The summed E-state index contributed by atoms with van der Waals surface area (Å²) >= 11 is 14.7. The van der Waals surface area contributed by atoms with Crippen LogP contribution in [0.1, 0.15) is 5.56 Å². The van der Waals surface area contributed by atoms with Crippen LogP contribution in [-0.2, 0) is 16.6 Å². The van der Waals surface area contributed by atoms with Crippen molar-refractivity contribution < 1.29 is 8.42 Å². The molecular weight excluding hydrogens is 508 g/mol. The van der Waals surface area contributed by atoms with E-state index in [0.29, 0.717) is 28.1 Å². The third-order valence-electron chi connectivity index (χ3n) is 4.04. The number of nitrogens with two attached hydrogens (primary N) is 1. The molecule has 30 heavy (non-hydrogen) atoms. The topological polar surface area (TPSA) is 96.2 Å². The minimum absolute atomic E-state index is 0.167. The molecule has 156 valence electrons. The summed E-state index contributed by atoms with van der Waals surface area (Å²) in [5.41, 5.74) is 8.31. The Bertz CT molecular complexity index is 1150. The molecule has 0 atom stereocenters. The second-order valence-electron chi connectivity index (χ2n) is 6.23. The van der Waals surface area contributed by atoms with Gasteiger partial charge in [0, 0.05) is 27.4 Å². The van der Waals surface area contributed by atoms with Crippen molar-refractivity contribution in [2.24, 2.45) is 5.73 Å². The van der Waals surface area contributed by atoms with E-state index in [1.165, 1.54) is 12.1 Å². The van der Waals surface area contributed by atoms with Gasteiger partial charge in [0.05, 0.1) is 10.6 Å². The van der Waals surface area contributed by atoms with E-state index < -0.39 is 10.0 Å². The lowest BCUT2D eigenvalue weighted by Gasteiger charge is -2.13. The SMILES string of the molecule is NCc1ccc(S(=O)(=O)Nc2ccc(NC(=S)Nc3ccc(Cl)cc3Br)cc2)cc1. The molecule has 0 saturated heterocycles. The highest BCUT2D eigenvalue weighted by molar-refractivity contribution is 9.10. The third kappa shape index (κ3) is 5.93. The van der Waals surface area contributed by atoms with Crippen molar-refractivity contribution in [3.63, 3.8) is 0 Å². The van der Waals surface area contributed by atoms with E-state index in [1.54, 1.807) is 54.6 Å². The Morgan fingerprint density at radius 2 is 1.60 bits per heavy atom. The molecule has 6 nitrogen and oxygen atoms in total. The van der Waals surface area contributed by atoms with E-state index in [-0.39, 0.29) is 4.90 Å². The lowest BCUT2D eigenvalue weighted by atomic mass is 10.2. The molecule has 0 aromatic heterocycles. The summed E-state index contributed by atoms with van der Waals surface area (Å²) in [6.45, 7) is 0.355. The first-order chi connectivity index (χ1) is 14.3. The van der Waals surface area contributed by atoms with Crippen molar-refractivity contribution in [1.29, 1.82) is 0 Å². The fourth-order valence-electron chi connectivity index (χ4n) is 2.52. The van der Waals surface area contributed by atoms with Crippen LogP contribution >= 0.6 is 39.7 Å². The van der Waals surface area contributed by atoms with Crippen LogP contribution in [0.15, 0.2) is 76.1 Å². The van der Waals surface area contributed by atoms with E-state index >= 15 is 0 Å². The number of hydrogen-bond acceptors (Lipinski definition) is 4. The zero-order valence-electron chi connectivity index (χ0n) is 15.5. The Morgan fingerprint density at radius 1 is 0.967 bits per heavy atom. The van der Waals surface area contributed by atoms with Gasteiger partial charge in [-0.3, -0.25) is 4.72 Å². The zero-order valence-corrected chi connectivity index (χ0v) is 19.5. The molecule has 0 aliphatic heterocycles. The van der Waals surface area contributed by atoms with Crippen molar-refractivity contribution >= 4 is 71.9 Å². The second kappa shape index (κ2) is 9.76. The monoisotopic (exact) mass is 524 g/mol. The Morgan fingerprint density at radius 3 is 2.20 bits per heavy atom. The van der Waals surface area contributed by atoms with Crippen molar-refractivity contribution in [3.8, 4) is 0 Å². The lowest BCUT2D eigenvalue weighted by molar-refractivity contribution is 0.601. The molecule has 0 heterocycles. The summed E-state index contributed by atoms with van der Waals surface area (Å²) in [4.78, 5) is 0.167. The smallest absolute Gasteiger partial charge is 0.261 e. The highest BCUT2D eigenvalue weighted by Gasteiger charge is 2.14. The molecule has 0 aliphatic rings. The van der Waals surface area contributed by atoms with E-state index in [1.807, 2.05) is 0 Å². The molecule has 0 aliphatic carbocycles. The molecule has 3 aromatic rings. The predicted octanol–water partition coefficient (Wildman–Crippen LogP) is 5.17. The van der Waals surface area contributed by atoms with Crippen molar-refractivity contribution in [3.05, 3.63) is 81.8 Å². The summed E-state index contributed by atoms with van der Waals surface area (Å²) in [5.74, 6) is 0. The van der Waals surface area contributed by atoms with Gasteiger partial charge < -0.3 is 16.4 Å². The number of anilines is 3. The molecular formula is C20H18BrClN4O2S2. The molecule has 0 radical (unpaired) electrons. The number of thiocarbonyl (C=S) groups is 1. The molecule has 0 saturated carbocycles. The highest BCUT2D eigenvalue weighted by Crippen LogP contribution is 2.26. The molecule has 0 bridgehead atoms. The van der Waals surface area contributed by atoms with E-state index in [4.69, 9.17) is 29.6 Å². The summed E-state index contributed by atoms with van der Waals surface area (Å²) in [6.07, 6.45) is 0. The predicted molar refractivity (Wildman–Crippen MR) is 131 cm³/mol.